The quantitative estimate of drug-likeness (QED) is 0.557. The normalized spacial score (nSPS) is 15.3. The van der Waals surface area contributed by atoms with Gasteiger partial charge in [0.25, 0.3) is 0 Å². The molecule has 0 aliphatic rings. The number of ether oxygens (including phenoxy) is 1. The van der Waals surface area contributed by atoms with Crippen LogP contribution in [0.4, 0.5) is 0 Å². The summed E-state index contributed by atoms with van der Waals surface area (Å²) in [4.78, 5) is 0. The second-order valence-corrected chi connectivity index (χ2v) is 4.29. The lowest BCUT2D eigenvalue weighted by Crippen LogP contribution is -2.24. The third-order valence-corrected chi connectivity index (χ3v) is 3.41. The van der Waals surface area contributed by atoms with Crippen LogP contribution in [-0.4, -0.2) is 24.7 Å². The molecule has 0 spiro atoms. The van der Waals surface area contributed by atoms with Crippen molar-refractivity contribution < 1.29 is 4.74 Å². The lowest BCUT2D eigenvalue weighted by atomic mass is 10.1. The summed E-state index contributed by atoms with van der Waals surface area (Å²) in [7, 11) is 1.79. The molecule has 0 saturated carbocycles. The molecule has 0 heterocycles. The topological polar surface area (TPSA) is 9.23 Å². The lowest BCUT2D eigenvalue weighted by molar-refractivity contribution is 0.101. The predicted molar refractivity (Wildman–Crippen MR) is 62.4 cm³/mol. The van der Waals surface area contributed by atoms with Gasteiger partial charge in [0.15, 0.2) is 0 Å². The highest BCUT2D eigenvalue weighted by molar-refractivity contribution is 7.99. The van der Waals surface area contributed by atoms with Gasteiger partial charge in [-0.15, -0.1) is 6.58 Å². The van der Waals surface area contributed by atoms with Gasteiger partial charge < -0.3 is 4.74 Å². The fraction of sp³-hybridized carbons (Fsp3) is 0.818. The zero-order valence-corrected chi connectivity index (χ0v) is 9.90. The molecule has 0 bridgehead atoms. The second kappa shape index (κ2) is 8.64. The summed E-state index contributed by atoms with van der Waals surface area (Å²) in [6, 6.07) is 0. The summed E-state index contributed by atoms with van der Waals surface area (Å²) in [6.07, 6.45) is 9.23. The maximum absolute atomic E-state index is 5.45. The van der Waals surface area contributed by atoms with Gasteiger partial charge in [0.1, 0.15) is 0 Å². The first-order chi connectivity index (χ1) is 6.29. The summed E-state index contributed by atoms with van der Waals surface area (Å²) in [5.74, 6) is 0. The Labute approximate surface area is 86.9 Å². The molecule has 2 atom stereocenters. The van der Waals surface area contributed by atoms with Crippen molar-refractivity contribution in [3.05, 3.63) is 12.7 Å². The molecule has 0 aromatic heterocycles. The van der Waals surface area contributed by atoms with Crippen LogP contribution in [0.2, 0.25) is 0 Å². The van der Waals surface area contributed by atoms with E-state index in [0.29, 0.717) is 11.4 Å². The Kier molecular flexibility index (Phi) is 8.67. The minimum atomic E-state index is 0.346. The van der Waals surface area contributed by atoms with Crippen LogP contribution in [0, 0.1) is 0 Å². The fourth-order valence-corrected chi connectivity index (χ4v) is 2.35. The Morgan fingerprint density at radius 3 is 2.62 bits per heavy atom. The average Bonchev–Trinajstić information content (AvgIpc) is 2.17. The van der Waals surface area contributed by atoms with E-state index in [1.54, 1.807) is 7.11 Å². The SMILES string of the molecule is C=CC[C@@H](OC)[C@@H](CCCC)SC. The highest BCUT2D eigenvalue weighted by Gasteiger charge is 2.17. The van der Waals surface area contributed by atoms with Gasteiger partial charge in [-0.2, -0.15) is 11.8 Å². The summed E-state index contributed by atoms with van der Waals surface area (Å²) in [5.41, 5.74) is 0. The van der Waals surface area contributed by atoms with Crippen LogP contribution in [0.25, 0.3) is 0 Å². The summed E-state index contributed by atoms with van der Waals surface area (Å²) in [6.45, 7) is 5.99. The van der Waals surface area contributed by atoms with Gasteiger partial charge in [0.2, 0.25) is 0 Å². The van der Waals surface area contributed by atoms with Crippen LogP contribution in [-0.2, 0) is 4.74 Å². The standard InChI is InChI=1S/C11H22OS/c1-5-7-9-11(13-4)10(12-3)8-6-2/h6,10-11H,2,5,7-9H2,1,3-4H3/t10-,11-/m1/s1. The van der Waals surface area contributed by atoms with E-state index in [9.17, 15) is 0 Å². The van der Waals surface area contributed by atoms with Crippen molar-refractivity contribution in [2.75, 3.05) is 13.4 Å². The minimum Gasteiger partial charge on any atom is -0.380 e. The van der Waals surface area contributed by atoms with E-state index >= 15 is 0 Å². The molecule has 0 fully saturated rings. The number of unbranched alkanes of at least 4 members (excludes halogenated alkanes) is 1. The van der Waals surface area contributed by atoms with Gasteiger partial charge in [0.05, 0.1) is 6.10 Å². The van der Waals surface area contributed by atoms with Crippen molar-refractivity contribution in [1.29, 1.82) is 0 Å². The van der Waals surface area contributed by atoms with Gasteiger partial charge in [-0.1, -0.05) is 25.8 Å². The Morgan fingerprint density at radius 2 is 2.23 bits per heavy atom. The molecule has 0 aliphatic carbocycles. The van der Waals surface area contributed by atoms with E-state index in [0.717, 1.165) is 6.42 Å². The number of hydrogen-bond donors (Lipinski definition) is 0. The maximum Gasteiger partial charge on any atom is 0.0723 e. The number of rotatable bonds is 8. The van der Waals surface area contributed by atoms with Crippen LogP contribution < -0.4 is 0 Å². The second-order valence-electron chi connectivity index (χ2n) is 3.21. The first-order valence-corrected chi connectivity index (χ1v) is 6.25. The molecule has 0 aromatic carbocycles. The van der Waals surface area contributed by atoms with Crippen LogP contribution in [0.15, 0.2) is 12.7 Å². The molecular weight excluding hydrogens is 180 g/mol. The van der Waals surface area contributed by atoms with Crippen molar-refractivity contribution >= 4 is 11.8 Å². The van der Waals surface area contributed by atoms with Crippen molar-refractivity contribution in [2.45, 2.75) is 44.0 Å². The zero-order chi connectivity index (χ0) is 10.1. The van der Waals surface area contributed by atoms with E-state index in [4.69, 9.17) is 4.74 Å². The van der Waals surface area contributed by atoms with E-state index in [-0.39, 0.29) is 0 Å². The van der Waals surface area contributed by atoms with Crippen molar-refractivity contribution in [3.8, 4) is 0 Å². The van der Waals surface area contributed by atoms with Crippen molar-refractivity contribution in [2.24, 2.45) is 0 Å². The molecule has 0 N–H and O–H groups in total. The molecule has 13 heavy (non-hydrogen) atoms. The molecule has 0 saturated heterocycles. The summed E-state index contributed by atoms with van der Waals surface area (Å²) in [5, 5.41) is 0.628. The van der Waals surface area contributed by atoms with Crippen LogP contribution in [0.3, 0.4) is 0 Å². The Hall–Kier alpha value is 0.0500. The molecule has 0 aliphatic heterocycles. The third kappa shape index (κ3) is 5.37. The molecule has 1 nitrogen and oxygen atoms in total. The Morgan fingerprint density at radius 1 is 1.54 bits per heavy atom. The highest BCUT2D eigenvalue weighted by Crippen LogP contribution is 2.22. The number of thioether (sulfide) groups is 1. The fourth-order valence-electron chi connectivity index (χ4n) is 1.42. The summed E-state index contributed by atoms with van der Waals surface area (Å²) >= 11 is 1.91. The number of hydrogen-bond acceptors (Lipinski definition) is 2. The van der Waals surface area contributed by atoms with Gasteiger partial charge in [-0.05, 0) is 19.1 Å². The van der Waals surface area contributed by atoms with Gasteiger partial charge in [-0.25, -0.2) is 0 Å². The highest BCUT2D eigenvalue weighted by atomic mass is 32.2. The predicted octanol–water partition coefficient (Wildman–Crippen LogP) is 3.50. The minimum absolute atomic E-state index is 0.346. The monoisotopic (exact) mass is 202 g/mol. The van der Waals surface area contributed by atoms with E-state index in [2.05, 4.69) is 19.8 Å². The maximum atomic E-state index is 5.45. The smallest absolute Gasteiger partial charge is 0.0723 e. The molecule has 0 amide bonds. The van der Waals surface area contributed by atoms with Crippen LogP contribution in [0.5, 0.6) is 0 Å². The molecule has 2 heteroatoms. The molecule has 0 unspecified atom stereocenters. The van der Waals surface area contributed by atoms with Gasteiger partial charge >= 0.3 is 0 Å². The van der Waals surface area contributed by atoms with E-state index in [1.807, 2.05) is 17.8 Å². The molecule has 0 radical (unpaired) electrons. The van der Waals surface area contributed by atoms with E-state index in [1.165, 1.54) is 19.3 Å². The van der Waals surface area contributed by atoms with Gasteiger partial charge in [-0.3, -0.25) is 0 Å². The molecule has 78 valence electrons. The Balaban J connectivity index is 3.91. The van der Waals surface area contributed by atoms with Crippen molar-refractivity contribution in [1.82, 2.24) is 0 Å². The Bertz CT molecular complexity index is 125. The summed E-state index contributed by atoms with van der Waals surface area (Å²) < 4.78 is 5.45. The van der Waals surface area contributed by atoms with Crippen LogP contribution >= 0.6 is 11.8 Å². The lowest BCUT2D eigenvalue weighted by Gasteiger charge is -2.23. The first kappa shape index (κ1) is 13.1. The van der Waals surface area contributed by atoms with E-state index < -0.39 is 0 Å². The van der Waals surface area contributed by atoms with Gasteiger partial charge in [0, 0.05) is 12.4 Å². The largest absolute Gasteiger partial charge is 0.380 e. The molecular formula is C11H22OS. The van der Waals surface area contributed by atoms with Crippen LogP contribution in [0.1, 0.15) is 32.6 Å². The number of methoxy groups -OCH3 is 1. The van der Waals surface area contributed by atoms with Crippen molar-refractivity contribution in [3.63, 3.8) is 0 Å². The average molecular weight is 202 g/mol. The molecule has 0 aromatic rings. The molecule has 0 rings (SSSR count). The first-order valence-electron chi connectivity index (χ1n) is 4.96. The zero-order valence-electron chi connectivity index (χ0n) is 9.08. The third-order valence-electron chi connectivity index (χ3n) is 2.26.